The zero-order chi connectivity index (χ0) is 32.1. The van der Waals surface area contributed by atoms with E-state index in [0.29, 0.717) is 18.5 Å². The molecule has 2 aromatic carbocycles. The van der Waals surface area contributed by atoms with Crippen molar-refractivity contribution < 1.29 is 22.7 Å². The van der Waals surface area contributed by atoms with Gasteiger partial charge < -0.3 is 14.2 Å². The number of aromatic nitrogens is 1. The smallest absolute Gasteiger partial charge is 0.303 e. The van der Waals surface area contributed by atoms with Crippen LogP contribution < -0.4 is 9.46 Å². The molecule has 10 nitrogen and oxygen atoms in total. The first-order chi connectivity index (χ1) is 22.0. The Balaban J connectivity index is 1.32. The summed E-state index contributed by atoms with van der Waals surface area (Å²) in [6, 6.07) is 12.6. The van der Waals surface area contributed by atoms with Crippen molar-refractivity contribution in [2.24, 2.45) is 5.41 Å². The van der Waals surface area contributed by atoms with Crippen molar-refractivity contribution in [3.05, 3.63) is 53.1 Å². The van der Waals surface area contributed by atoms with Crippen molar-refractivity contribution in [1.29, 1.82) is 0 Å². The van der Waals surface area contributed by atoms with E-state index in [0.717, 1.165) is 71.0 Å². The fourth-order valence-electron chi connectivity index (χ4n) is 9.09. The minimum atomic E-state index is -3.96. The summed E-state index contributed by atoms with van der Waals surface area (Å²) in [6.07, 6.45) is 7.58. The van der Waals surface area contributed by atoms with E-state index in [2.05, 4.69) is 38.3 Å². The number of carbonyl (C=O) groups excluding carboxylic acids is 2. The molecule has 4 fully saturated rings. The molecule has 46 heavy (non-hydrogen) atoms. The number of likely N-dealkylation sites (N-methyl/N-ethyl adjacent to an activating group) is 1. The van der Waals surface area contributed by atoms with Crippen molar-refractivity contribution in [3.63, 3.8) is 0 Å². The van der Waals surface area contributed by atoms with Crippen molar-refractivity contribution >= 4 is 32.9 Å². The molecular weight excluding hydrogens is 602 g/mol. The third kappa shape index (κ3) is 4.45. The third-order valence-corrected chi connectivity index (χ3v) is 13.1. The van der Waals surface area contributed by atoms with Crippen molar-refractivity contribution in [1.82, 2.24) is 23.4 Å². The van der Waals surface area contributed by atoms with E-state index < -0.39 is 21.5 Å². The molecule has 11 heteroatoms. The van der Waals surface area contributed by atoms with E-state index in [9.17, 15) is 18.0 Å². The fourth-order valence-corrected chi connectivity index (χ4v) is 9.62. The minimum Gasteiger partial charge on any atom is -0.497 e. The first-order valence-corrected chi connectivity index (χ1v) is 18.1. The number of benzene rings is 2. The number of amides is 2. The van der Waals surface area contributed by atoms with E-state index in [1.165, 1.54) is 44.5 Å². The number of rotatable bonds is 6. The molecule has 8 rings (SSSR count). The second kappa shape index (κ2) is 10.6. The highest BCUT2D eigenvalue weighted by Gasteiger charge is 2.65. The zero-order valence-corrected chi connectivity index (χ0v) is 27.9. The van der Waals surface area contributed by atoms with Gasteiger partial charge in [0.15, 0.2) is 0 Å². The standard InChI is InChI=1S/C35H43N5O5S/c1-37(2)46(43,44)36-33(41)22-10-12-27-30(14-22)40-20-35(34(42)39-19-23-15-24(39)18-38(23)3)17-29(35)28-16-25(45-4)11-13-26(28)32(40)31(27)21-8-6-5-7-9-21/h10-14,16,21,23-24,29H,5-9,15,17-20H2,1-4H3,(H,36,41)/t23-,24+,29-,35-/m0/s1. The number of methoxy groups -OCH3 is 1. The van der Waals surface area contributed by atoms with Gasteiger partial charge >= 0.3 is 10.2 Å². The van der Waals surface area contributed by atoms with Gasteiger partial charge in [-0.05, 0) is 80.1 Å². The SMILES string of the molecule is COc1ccc2c(c1)[C@@H]1C[C@]1(C(=O)N1C[C@@H]3C[C@@H]1CN3C)Cn1c-2c(C2CCCCC2)c2ccc(C(=O)NS(=O)(=O)N(C)C)cc21. The van der Waals surface area contributed by atoms with E-state index in [1.54, 1.807) is 13.2 Å². The first-order valence-electron chi connectivity index (χ1n) is 16.6. The monoisotopic (exact) mass is 645 g/mol. The number of piperazine rings is 1. The molecule has 0 unspecified atom stereocenters. The summed E-state index contributed by atoms with van der Waals surface area (Å²) >= 11 is 0. The Bertz CT molecular complexity index is 1880. The Morgan fingerprint density at radius 2 is 1.80 bits per heavy atom. The molecule has 2 amide bonds. The van der Waals surface area contributed by atoms with Crippen LogP contribution in [0.2, 0.25) is 0 Å². The molecule has 2 bridgehead atoms. The van der Waals surface area contributed by atoms with Crippen LogP contribution in [-0.2, 0) is 21.5 Å². The molecule has 2 saturated heterocycles. The number of nitrogens with zero attached hydrogens (tertiary/aromatic N) is 4. The van der Waals surface area contributed by atoms with Crippen LogP contribution in [0.5, 0.6) is 5.75 Å². The lowest BCUT2D eigenvalue weighted by Crippen LogP contribution is -2.50. The molecule has 2 aliphatic carbocycles. The van der Waals surface area contributed by atoms with Crippen LogP contribution in [-0.4, -0.2) is 92.3 Å². The summed E-state index contributed by atoms with van der Waals surface area (Å²) in [5.41, 5.74) is 5.31. The number of nitrogens with one attached hydrogen (secondary N) is 1. The van der Waals surface area contributed by atoms with E-state index >= 15 is 0 Å². The molecule has 4 heterocycles. The third-order valence-electron chi connectivity index (χ3n) is 11.7. The van der Waals surface area contributed by atoms with E-state index in [1.807, 2.05) is 18.2 Å². The number of carbonyl (C=O) groups is 2. The van der Waals surface area contributed by atoms with Crippen molar-refractivity contribution in [2.45, 2.75) is 75.4 Å². The fraction of sp³-hybridized carbons (Fsp3) is 0.543. The van der Waals surface area contributed by atoms with Crippen LogP contribution in [0.25, 0.3) is 22.2 Å². The number of fused-ring (bicyclic) bond motifs is 9. The van der Waals surface area contributed by atoms with Gasteiger partial charge in [-0.15, -0.1) is 0 Å². The van der Waals surface area contributed by atoms with Gasteiger partial charge in [-0.2, -0.15) is 12.7 Å². The van der Waals surface area contributed by atoms with Crippen LogP contribution in [0, 0.1) is 5.41 Å². The van der Waals surface area contributed by atoms with Crippen LogP contribution >= 0.6 is 0 Å². The molecule has 1 aromatic heterocycles. The Hall–Kier alpha value is -3.41. The first kappa shape index (κ1) is 30.0. The summed E-state index contributed by atoms with van der Waals surface area (Å²) in [7, 11) is 2.66. The summed E-state index contributed by atoms with van der Waals surface area (Å²) in [4.78, 5) is 32.6. The maximum atomic E-state index is 14.8. The van der Waals surface area contributed by atoms with Crippen LogP contribution in [0.1, 0.15) is 78.3 Å². The topological polar surface area (TPSA) is 104 Å². The summed E-state index contributed by atoms with van der Waals surface area (Å²) in [5.74, 6) is 0.803. The summed E-state index contributed by atoms with van der Waals surface area (Å²) in [5, 5.41) is 1.08. The largest absolute Gasteiger partial charge is 0.497 e. The second-order valence-corrected chi connectivity index (χ2v) is 16.3. The van der Waals surface area contributed by atoms with Gasteiger partial charge in [0.05, 0.1) is 18.2 Å². The maximum absolute atomic E-state index is 14.8. The highest BCUT2D eigenvalue weighted by Crippen LogP contribution is 2.66. The number of hydrogen-bond donors (Lipinski definition) is 1. The predicted molar refractivity (Wildman–Crippen MR) is 176 cm³/mol. The highest BCUT2D eigenvalue weighted by atomic mass is 32.2. The van der Waals surface area contributed by atoms with Crippen LogP contribution in [0.15, 0.2) is 36.4 Å². The van der Waals surface area contributed by atoms with Gasteiger partial charge in [0.25, 0.3) is 5.91 Å². The number of hydrogen-bond acceptors (Lipinski definition) is 6. The lowest BCUT2D eigenvalue weighted by Gasteiger charge is -2.35. The Kier molecular flexibility index (Phi) is 6.87. The molecule has 1 N–H and O–H groups in total. The van der Waals surface area contributed by atoms with Gasteiger partial charge in [-0.25, -0.2) is 4.72 Å². The van der Waals surface area contributed by atoms with Crippen LogP contribution in [0.3, 0.4) is 0 Å². The molecule has 0 spiro atoms. The molecule has 244 valence electrons. The van der Waals surface area contributed by atoms with Crippen LogP contribution in [0.4, 0.5) is 0 Å². The number of ether oxygens (including phenoxy) is 1. The zero-order valence-electron chi connectivity index (χ0n) is 27.1. The lowest BCUT2D eigenvalue weighted by molar-refractivity contribution is -0.140. The van der Waals surface area contributed by atoms with E-state index in [-0.39, 0.29) is 23.4 Å². The average molecular weight is 646 g/mol. The molecule has 5 aliphatic rings. The molecule has 3 aliphatic heterocycles. The van der Waals surface area contributed by atoms with Crippen molar-refractivity contribution in [2.75, 3.05) is 41.3 Å². The van der Waals surface area contributed by atoms with Crippen molar-refractivity contribution in [3.8, 4) is 17.0 Å². The molecular formula is C35H43N5O5S. The highest BCUT2D eigenvalue weighted by molar-refractivity contribution is 7.87. The Morgan fingerprint density at radius 3 is 2.48 bits per heavy atom. The average Bonchev–Trinajstić information content (AvgIpc) is 3.29. The molecule has 2 saturated carbocycles. The molecule has 4 atom stereocenters. The van der Waals surface area contributed by atoms with Gasteiger partial charge in [0, 0.05) is 73.8 Å². The maximum Gasteiger partial charge on any atom is 0.303 e. The van der Waals surface area contributed by atoms with Gasteiger partial charge in [-0.1, -0.05) is 25.3 Å². The van der Waals surface area contributed by atoms with Gasteiger partial charge in [0.2, 0.25) is 5.91 Å². The van der Waals surface area contributed by atoms with Gasteiger partial charge in [0.1, 0.15) is 5.75 Å². The normalized spacial score (nSPS) is 27.3. The minimum absolute atomic E-state index is 0.0767. The quantitative estimate of drug-likeness (QED) is 0.429. The second-order valence-electron chi connectivity index (χ2n) is 14.4. The lowest BCUT2D eigenvalue weighted by atomic mass is 9.81. The summed E-state index contributed by atoms with van der Waals surface area (Å²) in [6.45, 7) is 2.22. The predicted octanol–water partition coefficient (Wildman–Crippen LogP) is 4.30. The molecule has 3 aromatic rings. The Morgan fingerprint density at radius 1 is 1.02 bits per heavy atom. The number of likely N-dealkylation sites (tertiary alicyclic amines) is 2. The Labute approximate surface area is 270 Å². The molecule has 0 radical (unpaired) electrons. The summed E-state index contributed by atoms with van der Waals surface area (Å²) < 4.78 is 36.3. The van der Waals surface area contributed by atoms with E-state index in [4.69, 9.17) is 4.74 Å². The van der Waals surface area contributed by atoms with Gasteiger partial charge in [-0.3, -0.25) is 14.5 Å².